The zero-order valence-corrected chi connectivity index (χ0v) is 16.7. The van der Waals surface area contributed by atoms with Crippen molar-refractivity contribution < 1.29 is 12.8 Å². The Kier molecular flexibility index (Phi) is 5.99. The van der Waals surface area contributed by atoms with Crippen molar-refractivity contribution in [1.82, 2.24) is 0 Å². The fourth-order valence-corrected chi connectivity index (χ4v) is 3.74. The van der Waals surface area contributed by atoms with E-state index in [1.165, 1.54) is 12.1 Å². The molecule has 4 nitrogen and oxygen atoms in total. The summed E-state index contributed by atoms with van der Waals surface area (Å²) in [5.74, 6) is -0.270. The third-order valence-electron chi connectivity index (χ3n) is 4.44. The van der Waals surface area contributed by atoms with Crippen molar-refractivity contribution in [1.29, 1.82) is 0 Å². The highest BCUT2D eigenvalue weighted by Gasteiger charge is 2.15. The Morgan fingerprint density at radius 2 is 1.46 bits per heavy atom. The molecule has 3 aromatic carbocycles. The smallest absolute Gasteiger partial charge is 0.229 e. The van der Waals surface area contributed by atoms with E-state index in [1.54, 1.807) is 18.2 Å². The molecule has 3 rings (SSSR count). The first-order chi connectivity index (χ1) is 13.3. The normalized spacial score (nSPS) is 11.2. The molecule has 0 radical (unpaired) electrons. The highest BCUT2D eigenvalue weighted by atomic mass is 32.2. The molecule has 1 N–H and O–H groups in total. The van der Waals surface area contributed by atoms with Gasteiger partial charge in [-0.1, -0.05) is 48.5 Å². The van der Waals surface area contributed by atoms with Gasteiger partial charge < -0.3 is 4.90 Å². The number of sulfonamides is 1. The maximum Gasteiger partial charge on any atom is 0.229 e. The van der Waals surface area contributed by atoms with Gasteiger partial charge in [0.1, 0.15) is 5.82 Å². The minimum absolute atomic E-state index is 0.270. The van der Waals surface area contributed by atoms with Gasteiger partial charge in [-0.15, -0.1) is 0 Å². The van der Waals surface area contributed by atoms with Gasteiger partial charge in [-0.25, -0.2) is 12.8 Å². The first-order valence-corrected chi connectivity index (χ1v) is 10.8. The first-order valence-electron chi connectivity index (χ1n) is 8.92. The molecule has 0 aliphatic heterocycles. The highest BCUT2D eigenvalue weighted by molar-refractivity contribution is 7.92. The molecule has 28 heavy (non-hydrogen) atoms. The Balaban J connectivity index is 1.98. The molecular weight excluding hydrogens is 375 g/mol. The largest absolute Gasteiger partial charge is 0.363 e. The third kappa shape index (κ3) is 5.33. The molecule has 0 heterocycles. The quantitative estimate of drug-likeness (QED) is 0.627. The standard InChI is InChI=1S/C22H23FN2O2S/c1-17-21(24-28(2,26)27)9-6-10-22(17)25(15-18-7-4-3-5-8-18)16-19-11-13-20(23)14-12-19/h3-14,24H,15-16H2,1-2H3. The molecule has 0 saturated carbocycles. The number of nitrogens with one attached hydrogen (secondary N) is 1. The van der Waals surface area contributed by atoms with Crippen molar-refractivity contribution in [3.05, 3.63) is 95.3 Å². The molecule has 0 aromatic heterocycles. The average Bonchev–Trinajstić information content (AvgIpc) is 2.65. The Labute approximate surface area is 165 Å². The van der Waals surface area contributed by atoms with Crippen LogP contribution in [-0.4, -0.2) is 14.7 Å². The first kappa shape index (κ1) is 19.9. The number of benzene rings is 3. The number of hydrogen-bond acceptors (Lipinski definition) is 3. The highest BCUT2D eigenvalue weighted by Crippen LogP contribution is 2.30. The lowest BCUT2D eigenvalue weighted by Gasteiger charge is -2.28. The van der Waals surface area contributed by atoms with Crippen molar-refractivity contribution >= 4 is 21.4 Å². The van der Waals surface area contributed by atoms with Gasteiger partial charge in [-0.2, -0.15) is 0 Å². The predicted molar refractivity (Wildman–Crippen MR) is 112 cm³/mol. The van der Waals surface area contributed by atoms with Gasteiger partial charge in [0.15, 0.2) is 0 Å². The minimum atomic E-state index is -3.37. The van der Waals surface area contributed by atoms with Crippen molar-refractivity contribution in [3.63, 3.8) is 0 Å². The third-order valence-corrected chi connectivity index (χ3v) is 5.03. The summed E-state index contributed by atoms with van der Waals surface area (Å²) in [6.07, 6.45) is 1.14. The topological polar surface area (TPSA) is 49.4 Å². The van der Waals surface area contributed by atoms with Crippen LogP contribution in [0.15, 0.2) is 72.8 Å². The van der Waals surface area contributed by atoms with Crippen LogP contribution in [0.1, 0.15) is 16.7 Å². The summed E-state index contributed by atoms with van der Waals surface area (Å²) in [7, 11) is -3.37. The molecule has 146 valence electrons. The fraction of sp³-hybridized carbons (Fsp3) is 0.182. The van der Waals surface area contributed by atoms with Crippen LogP contribution in [0.4, 0.5) is 15.8 Å². The molecule has 0 aliphatic carbocycles. The van der Waals surface area contributed by atoms with Crippen LogP contribution < -0.4 is 9.62 Å². The monoisotopic (exact) mass is 398 g/mol. The maximum atomic E-state index is 13.3. The maximum absolute atomic E-state index is 13.3. The van der Waals surface area contributed by atoms with E-state index in [9.17, 15) is 12.8 Å². The lowest BCUT2D eigenvalue weighted by atomic mass is 10.1. The second kappa shape index (κ2) is 8.44. The van der Waals surface area contributed by atoms with Gasteiger partial charge in [-0.3, -0.25) is 4.72 Å². The molecule has 0 bridgehead atoms. The van der Waals surface area contributed by atoms with E-state index in [0.717, 1.165) is 28.6 Å². The van der Waals surface area contributed by atoms with Gasteiger partial charge in [0.25, 0.3) is 0 Å². The summed E-state index contributed by atoms with van der Waals surface area (Å²) in [6, 6.07) is 22.0. The summed E-state index contributed by atoms with van der Waals surface area (Å²) < 4.78 is 39.2. The molecule has 0 fully saturated rings. The van der Waals surface area contributed by atoms with Crippen LogP contribution in [0.5, 0.6) is 0 Å². The van der Waals surface area contributed by atoms with Gasteiger partial charge >= 0.3 is 0 Å². The van der Waals surface area contributed by atoms with Crippen LogP contribution in [0.25, 0.3) is 0 Å². The summed E-state index contributed by atoms with van der Waals surface area (Å²) in [6.45, 7) is 3.10. The Hall–Kier alpha value is -2.86. The molecular formula is C22H23FN2O2S. The SMILES string of the molecule is Cc1c(NS(C)(=O)=O)cccc1N(Cc1ccccc1)Cc1ccc(F)cc1. The van der Waals surface area contributed by atoms with Crippen LogP contribution in [0, 0.1) is 12.7 Å². The van der Waals surface area contributed by atoms with Crippen LogP contribution in [0.3, 0.4) is 0 Å². The van der Waals surface area contributed by atoms with Gasteiger partial charge in [-0.05, 0) is 47.9 Å². The van der Waals surface area contributed by atoms with Gasteiger partial charge in [0, 0.05) is 18.8 Å². The van der Waals surface area contributed by atoms with Crippen LogP contribution >= 0.6 is 0 Å². The number of halogens is 1. The van der Waals surface area contributed by atoms with Crippen LogP contribution in [-0.2, 0) is 23.1 Å². The molecule has 6 heteroatoms. The Morgan fingerprint density at radius 1 is 0.857 bits per heavy atom. The van der Waals surface area contributed by atoms with Crippen molar-refractivity contribution in [3.8, 4) is 0 Å². The number of anilines is 2. The predicted octanol–water partition coefficient (Wildman–Crippen LogP) is 4.71. The summed E-state index contributed by atoms with van der Waals surface area (Å²) >= 11 is 0. The number of hydrogen-bond donors (Lipinski definition) is 1. The van der Waals surface area contributed by atoms with E-state index in [0.29, 0.717) is 18.8 Å². The lowest BCUT2D eigenvalue weighted by Crippen LogP contribution is -2.23. The summed E-state index contributed by atoms with van der Waals surface area (Å²) in [5, 5.41) is 0. The average molecular weight is 399 g/mol. The second-order valence-electron chi connectivity index (χ2n) is 6.79. The molecule has 0 aliphatic rings. The summed E-state index contributed by atoms with van der Waals surface area (Å²) in [4.78, 5) is 2.16. The Bertz CT molecular complexity index is 1040. The van der Waals surface area contributed by atoms with E-state index in [-0.39, 0.29) is 5.82 Å². The van der Waals surface area contributed by atoms with Crippen molar-refractivity contribution in [2.45, 2.75) is 20.0 Å². The van der Waals surface area contributed by atoms with Crippen molar-refractivity contribution in [2.75, 3.05) is 15.9 Å². The number of nitrogens with zero attached hydrogens (tertiary/aromatic N) is 1. The Morgan fingerprint density at radius 3 is 2.07 bits per heavy atom. The molecule has 0 unspecified atom stereocenters. The molecule has 3 aromatic rings. The zero-order valence-electron chi connectivity index (χ0n) is 15.9. The van der Waals surface area contributed by atoms with Gasteiger partial charge in [0.05, 0.1) is 11.9 Å². The van der Waals surface area contributed by atoms with Gasteiger partial charge in [0.2, 0.25) is 10.0 Å². The molecule has 0 atom stereocenters. The molecule has 0 saturated heterocycles. The minimum Gasteiger partial charge on any atom is -0.363 e. The van der Waals surface area contributed by atoms with E-state index in [2.05, 4.69) is 9.62 Å². The molecule has 0 amide bonds. The van der Waals surface area contributed by atoms with Crippen molar-refractivity contribution in [2.24, 2.45) is 0 Å². The fourth-order valence-electron chi connectivity index (χ4n) is 3.12. The number of rotatable bonds is 7. The van der Waals surface area contributed by atoms with E-state index < -0.39 is 10.0 Å². The van der Waals surface area contributed by atoms with E-state index in [4.69, 9.17) is 0 Å². The molecule has 0 spiro atoms. The second-order valence-corrected chi connectivity index (χ2v) is 8.54. The summed E-state index contributed by atoms with van der Waals surface area (Å²) in [5.41, 5.74) is 4.41. The van der Waals surface area contributed by atoms with Crippen LogP contribution in [0.2, 0.25) is 0 Å². The zero-order chi connectivity index (χ0) is 20.1. The van der Waals surface area contributed by atoms with E-state index >= 15 is 0 Å². The van der Waals surface area contributed by atoms with E-state index in [1.807, 2.05) is 49.4 Å². The lowest BCUT2D eigenvalue weighted by molar-refractivity contribution is 0.606.